The maximum absolute atomic E-state index is 11.2. The van der Waals surface area contributed by atoms with Crippen molar-refractivity contribution in [1.82, 2.24) is 9.80 Å². The van der Waals surface area contributed by atoms with Crippen LogP contribution in [0.25, 0.3) is 0 Å². The third-order valence-electron chi connectivity index (χ3n) is 5.18. The summed E-state index contributed by atoms with van der Waals surface area (Å²) in [6, 6.07) is 4.01. The number of carboxylic acid groups (broad SMARTS) is 1. The molecule has 2 aliphatic heterocycles. The molecule has 3 rings (SSSR count). The molecule has 27 heavy (non-hydrogen) atoms. The van der Waals surface area contributed by atoms with Crippen molar-refractivity contribution in [2.75, 3.05) is 60.7 Å². The zero-order valence-electron chi connectivity index (χ0n) is 16.1. The first-order chi connectivity index (χ1) is 13.0. The number of fused-ring (bicyclic) bond motifs is 3. The molecule has 0 amide bonds. The largest absolute Gasteiger partial charge is 0.493 e. The van der Waals surface area contributed by atoms with Crippen molar-refractivity contribution in [2.45, 2.75) is 12.6 Å². The number of carbonyl (C=O) groups is 1. The SMILES string of the molecule is COc1ccc(CN2C[C@H]3COC[C@@H]2CN(CC(=O)O)C3)c(OC)c1OC. The van der Waals surface area contributed by atoms with E-state index in [9.17, 15) is 4.79 Å². The summed E-state index contributed by atoms with van der Waals surface area (Å²) in [4.78, 5) is 15.5. The predicted molar refractivity (Wildman–Crippen MR) is 98.7 cm³/mol. The van der Waals surface area contributed by atoms with Crippen molar-refractivity contribution in [3.63, 3.8) is 0 Å². The minimum Gasteiger partial charge on any atom is -0.493 e. The Kier molecular flexibility index (Phi) is 6.41. The number of ether oxygens (including phenoxy) is 4. The number of benzene rings is 1. The van der Waals surface area contributed by atoms with Gasteiger partial charge in [0.1, 0.15) is 0 Å². The van der Waals surface area contributed by atoms with Crippen molar-refractivity contribution < 1.29 is 28.8 Å². The highest BCUT2D eigenvalue weighted by molar-refractivity contribution is 5.69. The molecule has 2 heterocycles. The zero-order valence-corrected chi connectivity index (χ0v) is 16.1. The molecule has 1 aromatic carbocycles. The Bertz CT molecular complexity index is 668. The van der Waals surface area contributed by atoms with Gasteiger partial charge in [0.15, 0.2) is 11.5 Å². The van der Waals surface area contributed by atoms with Gasteiger partial charge in [0.2, 0.25) is 5.75 Å². The maximum atomic E-state index is 11.2. The Morgan fingerprint density at radius 3 is 2.56 bits per heavy atom. The van der Waals surface area contributed by atoms with E-state index in [0.717, 1.165) is 18.7 Å². The molecule has 2 bridgehead atoms. The van der Waals surface area contributed by atoms with E-state index in [1.54, 1.807) is 21.3 Å². The summed E-state index contributed by atoms with van der Waals surface area (Å²) in [5.74, 6) is 1.37. The first-order valence-corrected chi connectivity index (χ1v) is 9.09. The van der Waals surface area contributed by atoms with Crippen LogP contribution in [0.3, 0.4) is 0 Å². The van der Waals surface area contributed by atoms with E-state index < -0.39 is 5.97 Å². The fourth-order valence-corrected chi connectivity index (χ4v) is 4.05. The summed E-state index contributed by atoms with van der Waals surface area (Å²) in [7, 11) is 4.82. The van der Waals surface area contributed by atoms with Gasteiger partial charge in [-0.25, -0.2) is 0 Å². The number of methoxy groups -OCH3 is 3. The lowest BCUT2D eigenvalue weighted by molar-refractivity contribution is -0.138. The normalized spacial score (nSPS) is 23.5. The van der Waals surface area contributed by atoms with Crippen molar-refractivity contribution in [2.24, 2.45) is 5.92 Å². The molecular weight excluding hydrogens is 352 g/mol. The van der Waals surface area contributed by atoms with Crippen LogP contribution in [0.15, 0.2) is 12.1 Å². The average molecular weight is 380 g/mol. The van der Waals surface area contributed by atoms with Crippen molar-refractivity contribution in [1.29, 1.82) is 0 Å². The molecule has 0 aliphatic carbocycles. The standard InChI is InChI=1S/C19H28N2O6/c1-24-16-5-4-14(18(25-2)19(16)26-3)8-21-7-13-6-20(10-17(22)23)9-15(21)12-27-11-13/h4-5,13,15H,6-12H2,1-3H3,(H,22,23)/t13-,15-/m0/s1. The first kappa shape index (κ1) is 19.7. The highest BCUT2D eigenvalue weighted by atomic mass is 16.5. The number of aliphatic carboxylic acids is 1. The Morgan fingerprint density at radius 1 is 1.11 bits per heavy atom. The molecule has 8 heteroatoms. The number of hydrogen-bond donors (Lipinski definition) is 1. The average Bonchev–Trinajstić information content (AvgIpc) is 2.90. The van der Waals surface area contributed by atoms with Crippen LogP contribution in [-0.2, 0) is 16.1 Å². The van der Waals surface area contributed by atoms with E-state index in [4.69, 9.17) is 24.1 Å². The third-order valence-corrected chi connectivity index (χ3v) is 5.18. The number of hydrogen-bond acceptors (Lipinski definition) is 7. The molecule has 2 saturated heterocycles. The highest BCUT2D eigenvalue weighted by Gasteiger charge is 2.34. The van der Waals surface area contributed by atoms with Crippen LogP contribution in [0.4, 0.5) is 0 Å². The summed E-state index contributed by atoms with van der Waals surface area (Å²) in [6.07, 6.45) is 0. The maximum Gasteiger partial charge on any atom is 0.317 e. The Morgan fingerprint density at radius 2 is 1.89 bits per heavy atom. The quantitative estimate of drug-likeness (QED) is 0.748. The zero-order chi connectivity index (χ0) is 19.4. The molecule has 0 radical (unpaired) electrons. The van der Waals surface area contributed by atoms with E-state index in [2.05, 4.69) is 4.90 Å². The van der Waals surface area contributed by atoms with E-state index in [1.165, 1.54) is 0 Å². The van der Waals surface area contributed by atoms with Gasteiger partial charge >= 0.3 is 5.97 Å². The lowest BCUT2D eigenvalue weighted by Gasteiger charge is -2.31. The lowest BCUT2D eigenvalue weighted by atomic mass is 10.1. The fourth-order valence-electron chi connectivity index (χ4n) is 4.05. The molecule has 0 aromatic heterocycles. The summed E-state index contributed by atoms with van der Waals surface area (Å²) < 4.78 is 22.3. The van der Waals surface area contributed by atoms with Crippen LogP contribution < -0.4 is 14.2 Å². The van der Waals surface area contributed by atoms with Gasteiger partial charge in [-0.05, 0) is 6.07 Å². The Labute approximate surface area is 159 Å². The van der Waals surface area contributed by atoms with Gasteiger partial charge in [0.25, 0.3) is 0 Å². The second kappa shape index (κ2) is 8.77. The van der Waals surface area contributed by atoms with Crippen LogP contribution in [0, 0.1) is 5.92 Å². The third kappa shape index (κ3) is 4.45. The number of nitrogens with zero attached hydrogens (tertiary/aromatic N) is 2. The Balaban J connectivity index is 1.83. The van der Waals surface area contributed by atoms with Gasteiger partial charge in [-0.1, -0.05) is 6.07 Å². The van der Waals surface area contributed by atoms with Gasteiger partial charge in [-0.15, -0.1) is 0 Å². The second-order valence-corrected chi connectivity index (χ2v) is 7.07. The fraction of sp³-hybridized carbons (Fsp3) is 0.632. The van der Waals surface area contributed by atoms with Gasteiger partial charge < -0.3 is 24.1 Å². The summed E-state index contributed by atoms with van der Waals surface area (Å²) >= 11 is 0. The van der Waals surface area contributed by atoms with Crippen molar-refractivity contribution in [3.05, 3.63) is 17.7 Å². The van der Waals surface area contributed by atoms with Crippen LogP contribution in [0.5, 0.6) is 17.2 Å². The summed E-state index contributed by atoms with van der Waals surface area (Å²) in [5.41, 5.74) is 1.01. The molecule has 0 unspecified atom stereocenters. The van der Waals surface area contributed by atoms with Crippen LogP contribution in [0.2, 0.25) is 0 Å². The van der Waals surface area contributed by atoms with E-state index in [0.29, 0.717) is 43.6 Å². The second-order valence-electron chi connectivity index (χ2n) is 7.07. The topological polar surface area (TPSA) is 80.7 Å². The van der Waals surface area contributed by atoms with Crippen molar-refractivity contribution in [3.8, 4) is 17.2 Å². The lowest BCUT2D eigenvalue weighted by Crippen LogP contribution is -2.44. The smallest absolute Gasteiger partial charge is 0.317 e. The minimum atomic E-state index is -0.788. The van der Waals surface area contributed by atoms with Crippen LogP contribution in [0.1, 0.15) is 5.56 Å². The van der Waals surface area contributed by atoms with E-state index in [-0.39, 0.29) is 18.5 Å². The van der Waals surface area contributed by atoms with Gasteiger partial charge in [-0.3, -0.25) is 14.6 Å². The minimum absolute atomic E-state index is 0.0700. The molecule has 2 fully saturated rings. The van der Waals surface area contributed by atoms with Gasteiger partial charge in [0.05, 0.1) is 41.1 Å². The van der Waals surface area contributed by atoms with Gasteiger partial charge in [-0.2, -0.15) is 0 Å². The van der Waals surface area contributed by atoms with Crippen LogP contribution >= 0.6 is 0 Å². The number of rotatable bonds is 7. The molecule has 8 nitrogen and oxygen atoms in total. The van der Waals surface area contributed by atoms with Crippen molar-refractivity contribution >= 4 is 5.97 Å². The van der Waals surface area contributed by atoms with Crippen LogP contribution in [-0.4, -0.2) is 87.6 Å². The molecule has 2 atom stereocenters. The molecule has 1 N–H and O–H groups in total. The highest BCUT2D eigenvalue weighted by Crippen LogP contribution is 2.40. The molecule has 2 aliphatic rings. The monoisotopic (exact) mass is 380 g/mol. The molecule has 1 aromatic rings. The molecular formula is C19H28N2O6. The molecule has 0 saturated carbocycles. The Hall–Kier alpha value is -2.03. The van der Waals surface area contributed by atoms with E-state index >= 15 is 0 Å². The molecule has 150 valence electrons. The first-order valence-electron chi connectivity index (χ1n) is 9.09. The summed E-state index contributed by atoms with van der Waals surface area (Å²) in [6.45, 7) is 4.28. The summed E-state index contributed by atoms with van der Waals surface area (Å²) in [5, 5.41) is 9.17. The van der Waals surface area contributed by atoms with Gasteiger partial charge in [0, 0.05) is 43.7 Å². The number of carboxylic acids is 1. The van der Waals surface area contributed by atoms with E-state index in [1.807, 2.05) is 17.0 Å². The predicted octanol–water partition coefficient (Wildman–Crippen LogP) is 0.930. The molecule has 0 spiro atoms.